The summed E-state index contributed by atoms with van der Waals surface area (Å²) in [4.78, 5) is 2.87. The smallest absolute Gasteiger partial charge is 0.137 e. The molecule has 0 aromatic carbocycles. The van der Waals surface area contributed by atoms with Gasteiger partial charge in [0.05, 0.1) is 11.3 Å². The number of nitrogens with two attached hydrogens (primary N) is 1. The number of aromatic nitrogens is 2. The van der Waals surface area contributed by atoms with Gasteiger partial charge in [-0.3, -0.25) is 4.68 Å². The van der Waals surface area contributed by atoms with Gasteiger partial charge in [-0.25, -0.2) is 0 Å². The van der Waals surface area contributed by atoms with Crippen molar-refractivity contribution in [1.82, 2.24) is 9.78 Å². The van der Waals surface area contributed by atoms with Gasteiger partial charge in [-0.15, -0.1) is 0 Å². The fourth-order valence-electron chi connectivity index (χ4n) is 2.80. The van der Waals surface area contributed by atoms with Crippen LogP contribution in [0.2, 0.25) is 0 Å². The van der Waals surface area contributed by atoms with Gasteiger partial charge < -0.3 is 10.6 Å². The fourth-order valence-corrected chi connectivity index (χ4v) is 3.03. The first-order chi connectivity index (χ1) is 9.33. The third-order valence-electron chi connectivity index (χ3n) is 3.66. The van der Waals surface area contributed by atoms with Gasteiger partial charge in [-0.2, -0.15) is 5.10 Å². The normalized spacial score (nSPS) is 11.4. The quantitative estimate of drug-likeness (QED) is 0.786. The molecule has 114 valence electrons. The Bertz CT molecular complexity index is 461. The summed E-state index contributed by atoms with van der Waals surface area (Å²) < 4.78 is 1.92. The maximum absolute atomic E-state index is 5.93. The van der Waals surface area contributed by atoms with Crippen LogP contribution < -0.4 is 10.6 Å². The van der Waals surface area contributed by atoms with Crippen LogP contribution in [-0.4, -0.2) is 27.4 Å². The minimum atomic E-state index is 0.435. The summed E-state index contributed by atoms with van der Waals surface area (Å²) in [5.74, 6) is 1.64. The molecule has 0 fully saturated rings. The molecule has 2 N–H and O–H groups in total. The van der Waals surface area contributed by atoms with Crippen molar-refractivity contribution in [2.75, 3.05) is 11.4 Å². The minimum absolute atomic E-state index is 0.435. The zero-order chi connectivity index (χ0) is 15.4. The SMILES string of the molecule is CCC(CC)N(CC(C)C)c1c(C(N)=S)c(C)nn1C. The summed E-state index contributed by atoms with van der Waals surface area (Å²) in [6, 6.07) is 0.486. The number of hydrogen-bond donors (Lipinski definition) is 1. The molecule has 0 saturated carbocycles. The molecular weight excluding hydrogens is 268 g/mol. The number of rotatable bonds is 7. The van der Waals surface area contributed by atoms with E-state index >= 15 is 0 Å². The van der Waals surface area contributed by atoms with Gasteiger partial charge in [0, 0.05) is 19.6 Å². The molecule has 5 heteroatoms. The Morgan fingerprint density at radius 1 is 1.35 bits per heavy atom. The van der Waals surface area contributed by atoms with Crippen molar-refractivity contribution in [3.05, 3.63) is 11.3 Å². The average molecular weight is 296 g/mol. The Hall–Kier alpha value is -1.10. The van der Waals surface area contributed by atoms with Crippen LogP contribution in [0.5, 0.6) is 0 Å². The second-order valence-electron chi connectivity index (χ2n) is 5.79. The Morgan fingerprint density at radius 3 is 2.30 bits per heavy atom. The summed E-state index contributed by atoms with van der Waals surface area (Å²) in [5, 5.41) is 4.52. The van der Waals surface area contributed by atoms with Crippen LogP contribution >= 0.6 is 12.2 Å². The molecule has 4 nitrogen and oxygen atoms in total. The zero-order valence-corrected chi connectivity index (χ0v) is 14.4. The van der Waals surface area contributed by atoms with E-state index in [1.165, 1.54) is 0 Å². The van der Waals surface area contributed by atoms with Crippen LogP contribution in [0.1, 0.15) is 51.8 Å². The summed E-state index contributed by atoms with van der Waals surface area (Å²) in [6.07, 6.45) is 2.20. The van der Waals surface area contributed by atoms with E-state index in [0.717, 1.165) is 36.5 Å². The van der Waals surface area contributed by atoms with Gasteiger partial charge in [0.2, 0.25) is 0 Å². The van der Waals surface area contributed by atoms with E-state index in [1.54, 1.807) is 0 Å². The largest absolute Gasteiger partial charge is 0.389 e. The first-order valence-corrected chi connectivity index (χ1v) is 7.84. The highest BCUT2D eigenvalue weighted by molar-refractivity contribution is 7.80. The molecule has 1 aromatic heterocycles. The van der Waals surface area contributed by atoms with Crippen LogP contribution in [0.3, 0.4) is 0 Å². The second-order valence-corrected chi connectivity index (χ2v) is 6.23. The summed E-state index contributed by atoms with van der Waals surface area (Å²) >= 11 is 5.24. The number of hydrogen-bond acceptors (Lipinski definition) is 3. The van der Waals surface area contributed by atoms with Crippen LogP contribution in [0.25, 0.3) is 0 Å². The molecule has 0 saturated heterocycles. The lowest BCUT2D eigenvalue weighted by Crippen LogP contribution is -2.39. The number of aryl methyl sites for hydroxylation is 2. The number of anilines is 1. The molecular formula is C15H28N4S. The molecule has 0 bridgehead atoms. The average Bonchev–Trinajstić information content (AvgIpc) is 2.63. The molecule has 0 radical (unpaired) electrons. The highest BCUT2D eigenvalue weighted by Crippen LogP contribution is 2.27. The molecule has 20 heavy (non-hydrogen) atoms. The van der Waals surface area contributed by atoms with E-state index < -0.39 is 0 Å². The van der Waals surface area contributed by atoms with Crippen LogP contribution in [0, 0.1) is 12.8 Å². The zero-order valence-electron chi connectivity index (χ0n) is 13.6. The maximum Gasteiger partial charge on any atom is 0.137 e. The molecule has 1 rings (SSSR count). The number of nitrogens with zero attached hydrogens (tertiary/aromatic N) is 3. The Kier molecular flexibility index (Phi) is 5.99. The summed E-state index contributed by atoms with van der Waals surface area (Å²) in [5.41, 5.74) is 7.77. The first-order valence-electron chi connectivity index (χ1n) is 7.43. The predicted octanol–water partition coefficient (Wildman–Crippen LogP) is 3.01. The van der Waals surface area contributed by atoms with Crippen molar-refractivity contribution < 1.29 is 0 Å². The van der Waals surface area contributed by atoms with Crippen LogP contribution in [-0.2, 0) is 7.05 Å². The molecule has 0 atom stereocenters. The second kappa shape index (κ2) is 7.07. The van der Waals surface area contributed by atoms with Crippen molar-refractivity contribution in [2.24, 2.45) is 18.7 Å². The van der Waals surface area contributed by atoms with Crippen LogP contribution in [0.15, 0.2) is 0 Å². The first kappa shape index (κ1) is 17.0. The third-order valence-corrected chi connectivity index (χ3v) is 3.86. The van der Waals surface area contributed by atoms with Crippen molar-refractivity contribution in [2.45, 2.75) is 53.5 Å². The third kappa shape index (κ3) is 3.51. The lowest BCUT2D eigenvalue weighted by molar-refractivity contribution is 0.494. The lowest BCUT2D eigenvalue weighted by atomic mass is 10.1. The standard InChI is InChI=1S/C15H28N4S/c1-7-12(8-2)19(9-10(3)4)15-13(14(16)20)11(5)17-18(15)6/h10,12H,7-9H2,1-6H3,(H2,16,20). The van der Waals surface area contributed by atoms with Crippen molar-refractivity contribution in [3.63, 3.8) is 0 Å². The van der Waals surface area contributed by atoms with E-state index in [2.05, 4.69) is 37.7 Å². The topological polar surface area (TPSA) is 47.1 Å². The monoisotopic (exact) mass is 296 g/mol. The minimum Gasteiger partial charge on any atom is -0.389 e. The van der Waals surface area contributed by atoms with Gasteiger partial charge in [0.15, 0.2) is 0 Å². The van der Waals surface area contributed by atoms with Crippen molar-refractivity contribution in [1.29, 1.82) is 0 Å². The molecule has 0 aliphatic carbocycles. The molecule has 0 aliphatic rings. The number of thiocarbonyl (C=S) groups is 1. The maximum atomic E-state index is 5.93. The molecule has 1 aromatic rings. The fraction of sp³-hybridized carbons (Fsp3) is 0.733. The molecule has 1 heterocycles. The summed E-state index contributed by atoms with van der Waals surface area (Å²) in [7, 11) is 1.97. The van der Waals surface area contributed by atoms with Gasteiger partial charge in [0.1, 0.15) is 10.8 Å². The van der Waals surface area contributed by atoms with E-state index in [1.807, 2.05) is 18.7 Å². The Morgan fingerprint density at radius 2 is 1.90 bits per heavy atom. The molecule has 0 aliphatic heterocycles. The molecule has 0 unspecified atom stereocenters. The summed E-state index contributed by atoms with van der Waals surface area (Å²) in [6.45, 7) is 11.9. The Balaban J connectivity index is 3.36. The van der Waals surface area contributed by atoms with E-state index in [-0.39, 0.29) is 0 Å². The van der Waals surface area contributed by atoms with Crippen LogP contribution in [0.4, 0.5) is 5.82 Å². The van der Waals surface area contributed by atoms with Crippen molar-refractivity contribution in [3.8, 4) is 0 Å². The van der Waals surface area contributed by atoms with Gasteiger partial charge in [-0.1, -0.05) is 39.9 Å². The Labute approximate surface area is 128 Å². The lowest BCUT2D eigenvalue weighted by Gasteiger charge is -2.34. The van der Waals surface area contributed by atoms with E-state index in [4.69, 9.17) is 18.0 Å². The predicted molar refractivity (Wildman–Crippen MR) is 90.4 cm³/mol. The van der Waals surface area contributed by atoms with Gasteiger partial charge in [-0.05, 0) is 25.7 Å². The van der Waals surface area contributed by atoms with E-state index in [9.17, 15) is 0 Å². The molecule has 0 amide bonds. The van der Waals surface area contributed by atoms with Gasteiger partial charge in [0.25, 0.3) is 0 Å². The van der Waals surface area contributed by atoms with Gasteiger partial charge >= 0.3 is 0 Å². The van der Waals surface area contributed by atoms with Crippen molar-refractivity contribution >= 4 is 23.0 Å². The highest BCUT2D eigenvalue weighted by atomic mass is 32.1. The van der Waals surface area contributed by atoms with E-state index in [0.29, 0.717) is 16.9 Å². The highest BCUT2D eigenvalue weighted by Gasteiger charge is 2.25. The molecule has 0 spiro atoms.